The van der Waals surface area contributed by atoms with Crippen molar-refractivity contribution in [2.24, 2.45) is 0 Å². The van der Waals surface area contributed by atoms with Gasteiger partial charge in [-0.3, -0.25) is 0 Å². The number of alkyl halides is 3. The lowest BCUT2D eigenvalue weighted by Gasteiger charge is -2.18. The van der Waals surface area contributed by atoms with Gasteiger partial charge in [0.2, 0.25) is 0 Å². The number of hydrogen-bond acceptors (Lipinski definition) is 2. The lowest BCUT2D eigenvalue weighted by atomic mass is 9.98. The van der Waals surface area contributed by atoms with Crippen molar-refractivity contribution in [1.29, 1.82) is 0 Å². The highest BCUT2D eigenvalue weighted by Gasteiger charge is 2.34. The first-order chi connectivity index (χ1) is 9.41. The van der Waals surface area contributed by atoms with Crippen LogP contribution >= 0.6 is 11.3 Å². The van der Waals surface area contributed by atoms with Crippen LogP contribution in [0, 0.1) is 5.82 Å². The Balaban J connectivity index is 2.30. The highest BCUT2D eigenvalue weighted by atomic mass is 32.1. The highest BCUT2D eigenvalue weighted by molar-refractivity contribution is 7.07. The van der Waals surface area contributed by atoms with Gasteiger partial charge in [-0.15, -0.1) is 0 Å². The van der Waals surface area contributed by atoms with Gasteiger partial charge >= 0.3 is 6.18 Å². The minimum absolute atomic E-state index is 0.286. The summed E-state index contributed by atoms with van der Waals surface area (Å²) in [6, 6.07) is 4.77. The molecular formula is C14H13F4NS. The fourth-order valence-electron chi connectivity index (χ4n) is 2.01. The minimum Gasteiger partial charge on any atom is -0.313 e. The van der Waals surface area contributed by atoms with E-state index in [4.69, 9.17) is 0 Å². The molecule has 0 radical (unpaired) electrons. The van der Waals surface area contributed by atoms with Gasteiger partial charge in [-0.25, -0.2) is 4.39 Å². The molecular weight excluding hydrogens is 290 g/mol. The second-order valence-electron chi connectivity index (χ2n) is 4.41. The van der Waals surface area contributed by atoms with Crippen molar-refractivity contribution in [2.45, 2.75) is 18.6 Å². The molecule has 1 heterocycles. The number of benzene rings is 1. The molecule has 20 heavy (non-hydrogen) atoms. The van der Waals surface area contributed by atoms with Crippen molar-refractivity contribution >= 4 is 11.3 Å². The Morgan fingerprint density at radius 3 is 2.55 bits per heavy atom. The van der Waals surface area contributed by atoms with Crippen molar-refractivity contribution in [3.63, 3.8) is 0 Å². The summed E-state index contributed by atoms with van der Waals surface area (Å²) in [6.45, 7) is 0. The highest BCUT2D eigenvalue weighted by Crippen LogP contribution is 2.33. The third-order valence-electron chi connectivity index (χ3n) is 3.07. The van der Waals surface area contributed by atoms with Crippen LogP contribution in [-0.4, -0.2) is 7.05 Å². The molecule has 0 bridgehead atoms. The quantitative estimate of drug-likeness (QED) is 0.825. The number of hydrogen-bond donors (Lipinski definition) is 1. The predicted molar refractivity (Wildman–Crippen MR) is 71.2 cm³/mol. The van der Waals surface area contributed by atoms with E-state index in [2.05, 4.69) is 5.32 Å². The standard InChI is InChI=1S/C14H13F4NS/c1-19-13(6-9-4-5-20-8-9)10-2-3-12(15)11(7-10)14(16,17)18/h2-5,7-8,13,19H,6H2,1H3. The Hall–Kier alpha value is -1.40. The predicted octanol–water partition coefficient (Wildman–Crippen LogP) is 4.41. The molecule has 1 unspecified atom stereocenters. The van der Waals surface area contributed by atoms with Gasteiger partial charge in [-0.2, -0.15) is 24.5 Å². The zero-order chi connectivity index (χ0) is 14.8. The summed E-state index contributed by atoms with van der Waals surface area (Å²) in [5, 5.41) is 6.82. The molecule has 2 rings (SSSR count). The van der Waals surface area contributed by atoms with E-state index in [1.165, 1.54) is 17.4 Å². The van der Waals surface area contributed by atoms with E-state index in [0.717, 1.165) is 17.7 Å². The zero-order valence-electron chi connectivity index (χ0n) is 10.7. The van der Waals surface area contributed by atoms with Gasteiger partial charge in [-0.1, -0.05) is 6.07 Å². The Bertz CT molecular complexity index is 563. The Morgan fingerprint density at radius 2 is 2.00 bits per heavy atom. The summed E-state index contributed by atoms with van der Waals surface area (Å²) in [7, 11) is 1.67. The molecule has 0 spiro atoms. The molecule has 108 valence electrons. The van der Waals surface area contributed by atoms with Crippen molar-refractivity contribution in [2.75, 3.05) is 7.05 Å². The molecule has 1 aromatic heterocycles. The molecule has 1 nitrogen and oxygen atoms in total. The third-order valence-corrected chi connectivity index (χ3v) is 3.80. The Kier molecular flexibility index (Phi) is 4.45. The van der Waals surface area contributed by atoms with Crippen LogP contribution in [-0.2, 0) is 12.6 Å². The third kappa shape index (κ3) is 3.37. The molecule has 0 aliphatic heterocycles. The molecule has 0 fully saturated rings. The molecule has 0 aliphatic rings. The van der Waals surface area contributed by atoms with Crippen LogP contribution in [0.2, 0.25) is 0 Å². The largest absolute Gasteiger partial charge is 0.419 e. The number of rotatable bonds is 4. The van der Waals surface area contributed by atoms with Crippen LogP contribution in [0.15, 0.2) is 35.0 Å². The Labute approximate surface area is 118 Å². The molecule has 0 saturated carbocycles. The smallest absolute Gasteiger partial charge is 0.313 e. The van der Waals surface area contributed by atoms with E-state index in [-0.39, 0.29) is 6.04 Å². The average Bonchev–Trinajstić information content (AvgIpc) is 2.88. The van der Waals surface area contributed by atoms with Gasteiger partial charge in [0.25, 0.3) is 0 Å². The number of thiophene rings is 1. The van der Waals surface area contributed by atoms with Crippen molar-refractivity contribution in [3.8, 4) is 0 Å². The lowest BCUT2D eigenvalue weighted by Crippen LogP contribution is -2.20. The van der Waals surface area contributed by atoms with Crippen LogP contribution in [0.4, 0.5) is 17.6 Å². The summed E-state index contributed by atoms with van der Waals surface area (Å²) in [6.07, 6.45) is -4.12. The zero-order valence-corrected chi connectivity index (χ0v) is 11.5. The first kappa shape index (κ1) is 15.0. The minimum atomic E-state index is -4.68. The van der Waals surface area contributed by atoms with Crippen molar-refractivity contribution < 1.29 is 17.6 Å². The van der Waals surface area contributed by atoms with E-state index in [0.29, 0.717) is 12.0 Å². The van der Waals surface area contributed by atoms with Crippen LogP contribution in [0.25, 0.3) is 0 Å². The average molecular weight is 303 g/mol. The Morgan fingerprint density at radius 1 is 1.25 bits per heavy atom. The fourth-order valence-corrected chi connectivity index (χ4v) is 2.69. The lowest BCUT2D eigenvalue weighted by molar-refractivity contribution is -0.140. The van der Waals surface area contributed by atoms with Gasteiger partial charge in [0.15, 0.2) is 0 Å². The molecule has 1 atom stereocenters. The SMILES string of the molecule is CNC(Cc1ccsc1)c1ccc(F)c(C(F)(F)F)c1. The van der Waals surface area contributed by atoms with Gasteiger partial charge in [0.05, 0.1) is 5.56 Å². The van der Waals surface area contributed by atoms with E-state index in [1.807, 2.05) is 16.8 Å². The molecule has 2 aromatic rings. The first-order valence-corrected chi connectivity index (χ1v) is 6.91. The number of halogens is 4. The maximum absolute atomic E-state index is 13.3. The summed E-state index contributed by atoms with van der Waals surface area (Å²) in [5.41, 5.74) is 0.236. The monoisotopic (exact) mass is 303 g/mol. The molecule has 0 amide bonds. The first-order valence-electron chi connectivity index (χ1n) is 5.97. The van der Waals surface area contributed by atoms with Crippen molar-refractivity contribution in [3.05, 3.63) is 57.5 Å². The summed E-state index contributed by atoms with van der Waals surface area (Å²) in [5.74, 6) is -1.24. The normalized spacial score (nSPS) is 13.4. The van der Waals surface area contributed by atoms with E-state index >= 15 is 0 Å². The summed E-state index contributed by atoms with van der Waals surface area (Å²) < 4.78 is 51.4. The molecule has 6 heteroatoms. The molecule has 1 aromatic carbocycles. The number of likely N-dealkylation sites (N-methyl/N-ethyl adjacent to an activating group) is 1. The van der Waals surface area contributed by atoms with Crippen LogP contribution in [0.3, 0.4) is 0 Å². The topological polar surface area (TPSA) is 12.0 Å². The van der Waals surface area contributed by atoms with Gasteiger partial charge in [0.1, 0.15) is 5.82 Å². The van der Waals surface area contributed by atoms with Crippen LogP contribution in [0.1, 0.15) is 22.7 Å². The number of nitrogens with one attached hydrogen (secondary N) is 1. The van der Waals surface area contributed by atoms with Crippen molar-refractivity contribution in [1.82, 2.24) is 5.32 Å². The molecule has 1 N–H and O–H groups in total. The second kappa shape index (κ2) is 5.93. The van der Waals surface area contributed by atoms with Crippen LogP contribution in [0.5, 0.6) is 0 Å². The van der Waals surface area contributed by atoms with Gasteiger partial charge in [-0.05, 0) is 53.6 Å². The summed E-state index contributed by atoms with van der Waals surface area (Å²) >= 11 is 1.53. The van der Waals surface area contributed by atoms with Crippen LogP contribution < -0.4 is 5.32 Å². The van der Waals surface area contributed by atoms with E-state index in [9.17, 15) is 17.6 Å². The fraction of sp³-hybridized carbons (Fsp3) is 0.286. The second-order valence-corrected chi connectivity index (χ2v) is 5.19. The van der Waals surface area contributed by atoms with E-state index < -0.39 is 17.6 Å². The maximum Gasteiger partial charge on any atom is 0.419 e. The van der Waals surface area contributed by atoms with Gasteiger partial charge in [0, 0.05) is 6.04 Å². The molecule has 0 saturated heterocycles. The maximum atomic E-state index is 13.3. The summed E-state index contributed by atoms with van der Waals surface area (Å²) in [4.78, 5) is 0. The molecule has 0 aliphatic carbocycles. The van der Waals surface area contributed by atoms with Gasteiger partial charge < -0.3 is 5.32 Å². The van der Waals surface area contributed by atoms with E-state index in [1.54, 1.807) is 7.05 Å².